The Morgan fingerprint density at radius 1 is 1.47 bits per heavy atom. The van der Waals surface area contributed by atoms with Crippen LogP contribution in [0.4, 0.5) is 0 Å². The number of hydrogen-bond acceptors (Lipinski definition) is 4. The van der Waals surface area contributed by atoms with Gasteiger partial charge in [0, 0.05) is 4.47 Å². The Kier molecular flexibility index (Phi) is 3.87. The SMILES string of the molecule is COS(=O)(=O)Cc1cc(Br)cc2c1COCC2. The Labute approximate surface area is 109 Å². The Morgan fingerprint density at radius 3 is 2.94 bits per heavy atom. The summed E-state index contributed by atoms with van der Waals surface area (Å²) in [6.45, 7) is 1.15. The van der Waals surface area contributed by atoms with Gasteiger partial charge in [-0.3, -0.25) is 4.18 Å². The van der Waals surface area contributed by atoms with E-state index in [0.29, 0.717) is 13.2 Å². The maximum absolute atomic E-state index is 11.5. The third-order valence-corrected chi connectivity index (χ3v) is 4.38. The minimum atomic E-state index is -3.50. The third kappa shape index (κ3) is 3.07. The summed E-state index contributed by atoms with van der Waals surface area (Å²) in [6.07, 6.45) is 0.814. The number of fused-ring (bicyclic) bond motifs is 1. The molecular formula is C11H13BrO4S. The van der Waals surface area contributed by atoms with Crippen molar-refractivity contribution in [3.05, 3.63) is 33.3 Å². The van der Waals surface area contributed by atoms with Crippen LogP contribution in [0.3, 0.4) is 0 Å². The Bertz CT molecular complexity index is 525. The smallest absolute Gasteiger partial charge is 0.271 e. The summed E-state index contributed by atoms with van der Waals surface area (Å²) >= 11 is 3.39. The van der Waals surface area contributed by atoms with Crippen LogP contribution in [0.15, 0.2) is 16.6 Å². The zero-order valence-electron chi connectivity index (χ0n) is 9.40. The molecule has 2 rings (SSSR count). The lowest BCUT2D eigenvalue weighted by atomic mass is 9.99. The van der Waals surface area contributed by atoms with E-state index in [-0.39, 0.29) is 5.75 Å². The van der Waals surface area contributed by atoms with Gasteiger partial charge in [0.15, 0.2) is 0 Å². The van der Waals surface area contributed by atoms with Gasteiger partial charge in [-0.05, 0) is 35.2 Å². The summed E-state index contributed by atoms with van der Waals surface area (Å²) in [5, 5.41) is 0. The molecule has 0 atom stereocenters. The highest BCUT2D eigenvalue weighted by atomic mass is 79.9. The fourth-order valence-electron chi connectivity index (χ4n) is 1.90. The molecule has 0 aliphatic carbocycles. The summed E-state index contributed by atoms with van der Waals surface area (Å²) in [7, 11) is -2.32. The molecule has 0 aromatic heterocycles. The van der Waals surface area contributed by atoms with Gasteiger partial charge in [0.2, 0.25) is 0 Å². The molecule has 0 spiro atoms. The quantitative estimate of drug-likeness (QED) is 0.799. The molecule has 1 aromatic rings. The van der Waals surface area contributed by atoms with Crippen molar-refractivity contribution in [3.8, 4) is 0 Å². The maximum atomic E-state index is 11.5. The van der Waals surface area contributed by atoms with Crippen LogP contribution in [0.5, 0.6) is 0 Å². The van der Waals surface area contributed by atoms with Crippen molar-refractivity contribution in [2.75, 3.05) is 13.7 Å². The molecule has 1 heterocycles. The Balaban J connectivity index is 2.43. The molecule has 1 aliphatic heterocycles. The van der Waals surface area contributed by atoms with Crippen LogP contribution in [0.1, 0.15) is 16.7 Å². The van der Waals surface area contributed by atoms with Crippen molar-refractivity contribution in [2.24, 2.45) is 0 Å². The Morgan fingerprint density at radius 2 is 2.24 bits per heavy atom. The van der Waals surface area contributed by atoms with Crippen LogP contribution in [0, 0.1) is 0 Å². The monoisotopic (exact) mass is 320 g/mol. The van der Waals surface area contributed by atoms with E-state index in [0.717, 1.165) is 27.6 Å². The fraction of sp³-hybridized carbons (Fsp3) is 0.455. The van der Waals surface area contributed by atoms with E-state index < -0.39 is 10.1 Å². The third-order valence-electron chi connectivity index (χ3n) is 2.75. The Hall–Kier alpha value is -0.430. The lowest BCUT2D eigenvalue weighted by molar-refractivity contribution is 0.110. The number of benzene rings is 1. The summed E-state index contributed by atoms with van der Waals surface area (Å²) in [4.78, 5) is 0. The van der Waals surface area contributed by atoms with Gasteiger partial charge in [-0.15, -0.1) is 0 Å². The molecule has 94 valence electrons. The molecule has 6 heteroatoms. The second-order valence-corrected chi connectivity index (χ2v) is 6.53. The van der Waals surface area contributed by atoms with Gasteiger partial charge >= 0.3 is 0 Å². The highest BCUT2D eigenvalue weighted by molar-refractivity contribution is 9.10. The molecular weight excluding hydrogens is 308 g/mol. The standard InChI is InChI=1S/C11H13BrO4S/c1-15-17(13,14)7-9-5-10(12)4-8-2-3-16-6-11(8)9/h4-5H,2-3,6-7H2,1H3. The topological polar surface area (TPSA) is 52.6 Å². The molecule has 0 saturated carbocycles. The van der Waals surface area contributed by atoms with E-state index in [1.807, 2.05) is 12.1 Å². The average molecular weight is 321 g/mol. The van der Waals surface area contributed by atoms with Gasteiger partial charge in [0.05, 0.1) is 20.3 Å². The summed E-state index contributed by atoms with van der Waals surface area (Å²) in [6, 6.07) is 3.82. The first-order valence-electron chi connectivity index (χ1n) is 5.18. The number of hydrogen-bond donors (Lipinski definition) is 0. The van der Waals surface area contributed by atoms with Gasteiger partial charge < -0.3 is 4.74 Å². The number of rotatable bonds is 3. The molecule has 0 radical (unpaired) electrons. The predicted molar refractivity (Wildman–Crippen MR) is 67.1 cm³/mol. The molecule has 0 N–H and O–H groups in total. The highest BCUT2D eigenvalue weighted by Gasteiger charge is 2.19. The van der Waals surface area contributed by atoms with E-state index in [1.165, 1.54) is 7.11 Å². The average Bonchev–Trinajstić information content (AvgIpc) is 2.28. The van der Waals surface area contributed by atoms with Gasteiger partial charge in [-0.1, -0.05) is 15.9 Å². The van der Waals surface area contributed by atoms with E-state index in [1.54, 1.807) is 0 Å². The van der Waals surface area contributed by atoms with Crippen LogP contribution in [-0.4, -0.2) is 22.1 Å². The molecule has 4 nitrogen and oxygen atoms in total. The molecule has 0 amide bonds. The lowest BCUT2D eigenvalue weighted by Gasteiger charge is -2.20. The molecule has 0 saturated heterocycles. The van der Waals surface area contributed by atoms with E-state index in [9.17, 15) is 8.42 Å². The van der Waals surface area contributed by atoms with Crippen molar-refractivity contribution < 1.29 is 17.3 Å². The van der Waals surface area contributed by atoms with Crippen LogP contribution in [0.25, 0.3) is 0 Å². The molecule has 1 aliphatic rings. The van der Waals surface area contributed by atoms with Crippen LogP contribution in [0.2, 0.25) is 0 Å². The van der Waals surface area contributed by atoms with Crippen molar-refractivity contribution in [1.82, 2.24) is 0 Å². The summed E-state index contributed by atoms with van der Waals surface area (Å²) in [5.74, 6) is -0.116. The largest absolute Gasteiger partial charge is 0.376 e. The normalized spacial score (nSPS) is 15.6. The zero-order valence-corrected chi connectivity index (χ0v) is 11.8. The van der Waals surface area contributed by atoms with Crippen molar-refractivity contribution in [3.63, 3.8) is 0 Å². The minimum Gasteiger partial charge on any atom is -0.376 e. The number of halogens is 1. The first-order valence-corrected chi connectivity index (χ1v) is 7.55. The van der Waals surface area contributed by atoms with Crippen LogP contribution >= 0.6 is 15.9 Å². The van der Waals surface area contributed by atoms with Crippen molar-refractivity contribution >= 4 is 26.0 Å². The first kappa shape index (κ1) is 13.0. The molecule has 0 fully saturated rings. The second kappa shape index (κ2) is 5.06. The van der Waals surface area contributed by atoms with Crippen molar-refractivity contribution in [1.29, 1.82) is 0 Å². The molecule has 1 aromatic carbocycles. The van der Waals surface area contributed by atoms with Gasteiger partial charge in [-0.25, -0.2) is 0 Å². The molecule has 0 bridgehead atoms. The lowest BCUT2D eigenvalue weighted by Crippen LogP contribution is -2.15. The van der Waals surface area contributed by atoms with Crippen molar-refractivity contribution in [2.45, 2.75) is 18.8 Å². The summed E-state index contributed by atoms with van der Waals surface area (Å²) < 4.78 is 33.7. The van der Waals surface area contributed by atoms with E-state index in [2.05, 4.69) is 20.1 Å². The van der Waals surface area contributed by atoms with Gasteiger partial charge in [0.25, 0.3) is 10.1 Å². The van der Waals surface area contributed by atoms with Gasteiger partial charge in [-0.2, -0.15) is 8.42 Å². The highest BCUT2D eigenvalue weighted by Crippen LogP contribution is 2.27. The van der Waals surface area contributed by atoms with E-state index in [4.69, 9.17) is 4.74 Å². The van der Waals surface area contributed by atoms with E-state index >= 15 is 0 Å². The maximum Gasteiger partial charge on any atom is 0.271 e. The molecule has 17 heavy (non-hydrogen) atoms. The van der Waals surface area contributed by atoms with Crippen LogP contribution in [-0.2, 0) is 37.8 Å². The second-order valence-electron chi connectivity index (χ2n) is 3.87. The first-order chi connectivity index (χ1) is 8.02. The predicted octanol–water partition coefficient (Wildman–Crippen LogP) is 2.00. The number of ether oxygens (including phenoxy) is 1. The minimum absolute atomic E-state index is 0.116. The zero-order chi connectivity index (χ0) is 12.5. The fourth-order valence-corrected chi connectivity index (χ4v) is 3.21. The van der Waals surface area contributed by atoms with Crippen LogP contribution < -0.4 is 0 Å². The summed E-state index contributed by atoms with van der Waals surface area (Å²) in [5.41, 5.74) is 2.86. The van der Waals surface area contributed by atoms with Gasteiger partial charge in [0.1, 0.15) is 5.75 Å². The molecule has 0 unspecified atom stereocenters.